The molecule has 0 saturated heterocycles. The number of nitrogens with one attached hydrogen (secondary N) is 1. The van der Waals surface area contributed by atoms with E-state index in [4.69, 9.17) is 4.74 Å². The van der Waals surface area contributed by atoms with Crippen molar-refractivity contribution in [2.24, 2.45) is 11.8 Å². The van der Waals surface area contributed by atoms with Crippen LogP contribution in [-0.2, 0) is 4.74 Å². The van der Waals surface area contributed by atoms with Gasteiger partial charge in [-0.15, -0.1) is 0 Å². The van der Waals surface area contributed by atoms with Gasteiger partial charge in [-0.2, -0.15) is 0 Å². The predicted molar refractivity (Wildman–Crippen MR) is 73.5 cm³/mol. The van der Waals surface area contributed by atoms with E-state index in [0.29, 0.717) is 30.5 Å². The minimum Gasteiger partial charge on any atom is -0.389 e. The normalized spacial score (nSPS) is 31.3. The molecule has 2 N–H and O–H groups in total. The van der Waals surface area contributed by atoms with Crippen molar-refractivity contribution < 1.29 is 9.84 Å². The van der Waals surface area contributed by atoms with Crippen LogP contribution in [0.4, 0.5) is 0 Å². The summed E-state index contributed by atoms with van der Waals surface area (Å²) < 4.78 is 5.67. The molecule has 2 aliphatic carbocycles. The zero-order valence-electron chi connectivity index (χ0n) is 11.7. The fourth-order valence-electron chi connectivity index (χ4n) is 2.38. The van der Waals surface area contributed by atoms with Gasteiger partial charge in [-0.3, -0.25) is 0 Å². The molecule has 3 unspecified atom stereocenters. The standard InChI is InChI=1S/C15H27NO2/c1-12-5-3-4-6-13(12)10-18-11-14(17)9-16-15(2)7-8-15/h3-4,12-14,16-17H,5-11H2,1-2H3. The SMILES string of the molecule is CC1CC=CCC1COCC(O)CNC1(C)CC1. The largest absolute Gasteiger partial charge is 0.389 e. The summed E-state index contributed by atoms with van der Waals surface area (Å²) in [5, 5.41) is 13.2. The zero-order valence-corrected chi connectivity index (χ0v) is 11.7. The first-order valence-electron chi connectivity index (χ1n) is 7.25. The molecule has 2 aliphatic rings. The van der Waals surface area contributed by atoms with Gasteiger partial charge in [0.25, 0.3) is 0 Å². The van der Waals surface area contributed by atoms with Crippen molar-refractivity contribution in [3.8, 4) is 0 Å². The molecule has 18 heavy (non-hydrogen) atoms. The minimum absolute atomic E-state index is 0.295. The molecule has 2 rings (SSSR count). The second-order valence-electron chi connectivity index (χ2n) is 6.31. The number of β-amino-alcohol motifs (C(OH)–C–C–N with tert-alkyl or cyclic N) is 1. The molecule has 0 aromatic heterocycles. The molecule has 0 spiro atoms. The molecule has 0 heterocycles. The molecule has 3 atom stereocenters. The van der Waals surface area contributed by atoms with E-state index in [1.807, 2.05) is 0 Å². The molecule has 104 valence electrons. The topological polar surface area (TPSA) is 41.5 Å². The van der Waals surface area contributed by atoms with Crippen LogP contribution >= 0.6 is 0 Å². The molecule has 0 aromatic carbocycles. The Morgan fingerprint density at radius 1 is 1.39 bits per heavy atom. The van der Waals surface area contributed by atoms with Gasteiger partial charge < -0.3 is 15.2 Å². The summed E-state index contributed by atoms with van der Waals surface area (Å²) in [6.07, 6.45) is 8.87. The van der Waals surface area contributed by atoms with Gasteiger partial charge in [0.15, 0.2) is 0 Å². The van der Waals surface area contributed by atoms with E-state index in [1.54, 1.807) is 0 Å². The lowest BCUT2D eigenvalue weighted by atomic mass is 9.85. The van der Waals surface area contributed by atoms with Crippen molar-refractivity contribution in [2.75, 3.05) is 19.8 Å². The van der Waals surface area contributed by atoms with E-state index >= 15 is 0 Å². The zero-order chi connectivity index (χ0) is 13.0. The van der Waals surface area contributed by atoms with Gasteiger partial charge in [0.05, 0.1) is 19.3 Å². The highest BCUT2D eigenvalue weighted by atomic mass is 16.5. The summed E-state index contributed by atoms with van der Waals surface area (Å²) in [4.78, 5) is 0. The van der Waals surface area contributed by atoms with E-state index in [1.165, 1.54) is 12.8 Å². The minimum atomic E-state index is -0.378. The highest BCUT2D eigenvalue weighted by Gasteiger charge is 2.36. The van der Waals surface area contributed by atoms with Crippen LogP contribution in [0.1, 0.15) is 39.5 Å². The Morgan fingerprint density at radius 3 is 2.78 bits per heavy atom. The number of hydrogen-bond acceptors (Lipinski definition) is 3. The van der Waals surface area contributed by atoms with Crippen LogP contribution in [-0.4, -0.2) is 36.5 Å². The number of hydrogen-bond donors (Lipinski definition) is 2. The van der Waals surface area contributed by atoms with Gasteiger partial charge in [0.2, 0.25) is 0 Å². The number of aliphatic hydroxyl groups is 1. The second kappa shape index (κ2) is 6.18. The Morgan fingerprint density at radius 2 is 2.11 bits per heavy atom. The molecule has 0 bridgehead atoms. The van der Waals surface area contributed by atoms with Crippen molar-refractivity contribution in [3.63, 3.8) is 0 Å². The van der Waals surface area contributed by atoms with Crippen LogP contribution in [0.3, 0.4) is 0 Å². The van der Waals surface area contributed by atoms with Gasteiger partial charge in [-0.1, -0.05) is 19.1 Å². The van der Waals surface area contributed by atoms with Gasteiger partial charge in [0.1, 0.15) is 0 Å². The van der Waals surface area contributed by atoms with Crippen LogP contribution in [0.15, 0.2) is 12.2 Å². The van der Waals surface area contributed by atoms with Gasteiger partial charge in [0, 0.05) is 12.1 Å². The summed E-state index contributed by atoms with van der Waals surface area (Å²) in [6, 6.07) is 0. The lowest BCUT2D eigenvalue weighted by Crippen LogP contribution is -2.37. The maximum atomic E-state index is 9.83. The summed E-state index contributed by atoms with van der Waals surface area (Å²) in [7, 11) is 0. The van der Waals surface area contributed by atoms with Crippen molar-refractivity contribution >= 4 is 0 Å². The Hall–Kier alpha value is -0.380. The van der Waals surface area contributed by atoms with E-state index in [0.717, 1.165) is 19.4 Å². The molecular formula is C15H27NO2. The van der Waals surface area contributed by atoms with Crippen molar-refractivity contribution in [2.45, 2.75) is 51.2 Å². The Labute approximate surface area is 111 Å². The average Bonchev–Trinajstić information content (AvgIpc) is 3.08. The number of aliphatic hydroxyl groups excluding tert-OH is 1. The lowest BCUT2D eigenvalue weighted by Gasteiger charge is -2.25. The summed E-state index contributed by atoms with van der Waals surface area (Å²) in [6.45, 7) is 6.37. The van der Waals surface area contributed by atoms with Crippen LogP contribution in [0.25, 0.3) is 0 Å². The average molecular weight is 253 g/mol. The third-order valence-electron chi connectivity index (χ3n) is 4.32. The molecule has 0 aromatic rings. The van der Waals surface area contributed by atoms with Gasteiger partial charge in [-0.05, 0) is 44.4 Å². The van der Waals surface area contributed by atoms with Gasteiger partial charge >= 0.3 is 0 Å². The Kier molecular flexibility index (Phi) is 4.82. The smallest absolute Gasteiger partial charge is 0.0897 e. The molecule has 3 nitrogen and oxygen atoms in total. The highest BCUT2D eigenvalue weighted by molar-refractivity contribution is 4.97. The number of allylic oxidation sites excluding steroid dienone is 2. The van der Waals surface area contributed by atoms with E-state index in [-0.39, 0.29) is 6.10 Å². The second-order valence-corrected chi connectivity index (χ2v) is 6.31. The Balaban J connectivity index is 1.55. The fourth-order valence-corrected chi connectivity index (χ4v) is 2.38. The maximum Gasteiger partial charge on any atom is 0.0897 e. The number of rotatable bonds is 7. The molecule has 0 amide bonds. The summed E-state index contributed by atoms with van der Waals surface area (Å²) in [5.74, 6) is 1.33. The van der Waals surface area contributed by atoms with Crippen LogP contribution in [0.5, 0.6) is 0 Å². The molecule has 1 fully saturated rings. The van der Waals surface area contributed by atoms with E-state index < -0.39 is 0 Å². The molecule has 3 heteroatoms. The van der Waals surface area contributed by atoms with Crippen molar-refractivity contribution in [3.05, 3.63) is 12.2 Å². The van der Waals surface area contributed by atoms with Crippen molar-refractivity contribution in [1.29, 1.82) is 0 Å². The molecule has 0 radical (unpaired) electrons. The third kappa shape index (κ3) is 4.38. The fraction of sp³-hybridized carbons (Fsp3) is 0.867. The molecular weight excluding hydrogens is 226 g/mol. The van der Waals surface area contributed by atoms with E-state index in [9.17, 15) is 5.11 Å². The van der Waals surface area contributed by atoms with E-state index in [2.05, 4.69) is 31.3 Å². The van der Waals surface area contributed by atoms with Crippen LogP contribution in [0.2, 0.25) is 0 Å². The Bertz CT molecular complexity index is 286. The number of ether oxygens (including phenoxy) is 1. The van der Waals surface area contributed by atoms with Crippen molar-refractivity contribution in [1.82, 2.24) is 5.32 Å². The monoisotopic (exact) mass is 253 g/mol. The summed E-state index contributed by atoms with van der Waals surface area (Å²) >= 11 is 0. The third-order valence-corrected chi connectivity index (χ3v) is 4.32. The molecule has 1 saturated carbocycles. The highest BCUT2D eigenvalue weighted by Crippen LogP contribution is 2.34. The lowest BCUT2D eigenvalue weighted by molar-refractivity contribution is 0.0117. The first-order valence-corrected chi connectivity index (χ1v) is 7.25. The predicted octanol–water partition coefficient (Wildman–Crippen LogP) is 2.11. The molecule has 0 aliphatic heterocycles. The van der Waals surface area contributed by atoms with Crippen LogP contribution < -0.4 is 5.32 Å². The van der Waals surface area contributed by atoms with Crippen LogP contribution in [0, 0.1) is 11.8 Å². The summed E-state index contributed by atoms with van der Waals surface area (Å²) in [5.41, 5.74) is 0.295. The first-order chi connectivity index (χ1) is 8.59. The first kappa shape index (κ1) is 14.0. The maximum absolute atomic E-state index is 9.83. The quantitative estimate of drug-likeness (QED) is 0.683. The van der Waals surface area contributed by atoms with Gasteiger partial charge in [-0.25, -0.2) is 0 Å².